The highest BCUT2D eigenvalue weighted by molar-refractivity contribution is 5.78. The first-order valence-corrected chi connectivity index (χ1v) is 9.65. The van der Waals surface area contributed by atoms with Gasteiger partial charge in [-0.25, -0.2) is 9.59 Å². The molecule has 1 amide bonds. The van der Waals surface area contributed by atoms with Crippen LogP contribution in [0.3, 0.4) is 0 Å². The number of amides is 1. The molecule has 1 aliphatic rings. The SMILES string of the molecule is CCCn1c(=O)n(C2CCN(C(=O)OCC)CC2)c(=O)c2cc(C)ccc21. The molecule has 0 saturated carbocycles. The summed E-state index contributed by atoms with van der Waals surface area (Å²) >= 11 is 0. The molecule has 0 radical (unpaired) electrons. The number of benzene rings is 1. The van der Waals surface area contributed by atoms with Crippen molar-refractivity contribution in [2.75, 3.05) is 19.7 Å². The van der Waals surface area contributed by atoms with Crippen LogP contribution in [-0.4, -0.2) is 39.8 Å². The van der Waals surface area contributed by atoms with Crippen LogP contribution in [0.1, 0.15) is 44.7 Å². The number of aryl methyl sites for hydroxylation is 2. The molecule has 1 aromatic carbocycles. The Morgan fingerprint density at radius 1 is 1.19 bits per heavy atom. The zero-order valence-electron chi connectivity index (χ0n) is 16.2. The van der Waals surface area contributed by atoms with E-state index in [0.717, 1.165) is 12.0 Å². The number of likely N-dealkylation sites (tertiary alicyclic amines) is 1. The molecule has 146 valence electrons. The van der Waals surface area contributed by atoms with Gasteiger partial charge in [0.25, 0.3) is 5.56 Å². The van der Waals surface area contributed by atoms with Crippen molar-refractivity contribution >= 4 is 17.0 Å². The van der Waals surface area contributed by atoms with Gasteiger partial charge in [0.1, 0.15) is 0 Å². The van der Waals surface area contributed by atoms with Gasteiger partial charge in [-0.05, 0) is 45.2 Å². The Hall–Kier alpha value is -2.57. The van der Waals surface area contributed by atoms with Crippen LogP contribution < -0.4 is 11.2 Å². The van der Waals surface area contributed by atoms with Crippen LogP contribution >= 0.6 is 0 Å². The van der Waals surface area contributed by atoms with Crippen molar-refractivity contribution in [3.8, 4) is 0 Å². The van der Waals surface area contributed by atoms with E-state index in [0.29, 0.717) is 50.0 Å². The van der Waals surface area contributed by atoms with E-state index in [1.807, 2.05) is 32.0 Å². The van der Waals surface area contributed by atoms with Crippen LogP contribution in [0.5, 0.6) is 0 Å². The van der Waals surface area contributed by atoms with E-state index < -0.39 is 0 Å². The lowest BCUT2D eigenvalue weighted by atomic mass is 10.0. The second kappa shape index (κ2) is 7.98. The number of nitrogens with zero attached hydrogens (tertiary/aromatic N) is 3. The smallest absolute Gasteiger partial charge is 0.409 e. The number of ether oxygens (including phenoxy) is 1. The normalized spacial score (nSPS) is 15.3. The molecule has 7 nitrogen and oxygen atoms in total. The molecule has 0 aliphatic carbocycles. The van der Waals surface area contributed by atoms with Gasteiger partial charge in [0.2, 0.25) is 0 Å². The van der Waals surface area contributed by atoms with Crippen molar-refractivity contribution in [3.05, 3.63) is 44.6 Å². The van der Waals surface area contributed by atoms with Crippen molar-refractivity contribution in [3.63, 3.8) is 0 Å². The number of carbonyl (C=O) groups is 1. The molecule has 0 bridgehead atoms. The van der Waals surface area contributed by atoms with Crippen LogP contribution in [0.15, 0.2) is 27.8 Å². The van der Waals surface area contributed by atoms with Gasteiger partial charge >= 0.3 is 11.8 Å². The Bertz CT molecular complexity index is 952. The second-order valence-electron chi connectivity index (χ2n) is 7.05. The predicted molar refractivity (Wildman–Crippen MR) is 104 cm³/mol. The van der Waals surface area contributed by atoms with Gasteiger partial charge in [-0.1, -0.05) is 18.6 Å². The van der Waals surface area contributed by atoms with Crippen LogP contribution in [0.4, 0.5) is 4.79 Å². The first kappa shape index (κ1) is 19.2. The molecule has 0 unspecified atom stereocenters. The van der Waals surface area contributed by atoms with Crippen LogP contribution in [0.25, 0.3) is 10.9 Å². The van der Waals surface area contributed by atoms with Gasteiger partial charge < -0.3 is 9.64 Å². The molecular weight excluding hydrogens is 346 g/mol. The second-order valence-corrected chi connectivity index (χ2v) is 7.05. The van der Waals surface area contributed by atoms with E-state index in [2.05, 4.69) is 0 Å². The zero-order valence-corrected chi connectivity index (χ0v) is 16.2. The Morgan fingerprint density at radius 2 is 1.89 bits per heavy atom. The van der Waals surface area contributed by atoms with Crippen molar-refractivity contribution in [2.24, 2.45) is 0 Å². The number of fused-ring (bicyclic) bond motifs is 1. The Kier molecular flexibility index (Phi) is 5.68. The number of carbonyl (C=O) groups excluding carboxylic acids is 1. The highest BCUT2D eigenvalue weighted by Gasteiger charge is 2.27. The molecule has 3 rings (SSSR count). The number of rotatable bonds is 4. The summed E-state index contributed by atoms with van der Waals surface area (Å²) in [5.41, 5.74) is 1.19. The third-order valence-electron chi connectivity index (χ3n) is 5.13. The first-order valence-electron chi connectivity index (χ1n) is 9.65. The van der Waals surface area contributed by atoms with E-state index in [1.54, 1.807) is 16.4 Å². The van der Waals surface area contributed by atoms with Crippen LogP contribution in [0, 0.1) is 6.92 Å². The molecule has 0 N–H and O–H groups in total. The molecule has 7 heteroatoms. The number of hydrogen-bond acceptors (Lipinski definition) is 4. The molecule has 1 aliphatic heterocycles. The van der Waals surface area contributed by atoms with E-state index in [4.69, 9.17) is 4.74 Å². The summed E-state index contributed by atoms with van der Waals surface area (Å²) in [6, 6.07) is 5.43. The van der Waals surface area contributed by atoms with Gasteiger partial charge in [0.15, 0.2) is 0 Å². The predicted octanol–water partition coefficient (Wildman–Crippen LogP) is 2.68. The summed E-state index contributed by atoms with van der Waals surface area (Å²) < 4.78 is 8.15. The summed E-state index contributed by atoms with van der Waals surface area (Å²) in [5.74, 6) is 0. The van der Waals surface area contributed by atoms with E-state index in [1.165, 1.54) is 4.57 Å². The van der Waals surface area contributed by atoms with Gasteiger partial charge in [0.05, 0.1) is 17.5 Å². The minimum absolute atomic E-state index is 0.205. The monoisotopic (exact) mass is 373 g/mol. The largest absolute Gasteiger partial charge is 0.450 e. The van der Waals surface area contributed by atoms with E-state index in [9.17, 15) is 14.4 Å². The summed E-state index contributed by atoms with van der Waals surface area (Å²) in [6.07, 6.45) is 1.61. The maximum Gasteiger partial charge on any atom is 0.409 e. The fraction of sp³-hybridized carbons (Fsp3) is 0.550. The number of aromatic nitrogens is 2. The minimum atomic E-state index is -0.333. The van der Waals surface area contributed by atoms with Crippen LogP contribution in [0.2, 0.25) is 0 Å². The Balaban J connectivity index is 2.01. The third kappa shape index (κ3) is 3.63. The van der Waals surface area contributed by atoms with E-state index in [-0.39, 0.29) is 23.4 Å². The lowest BCUT2D eigenvalue weighted by Gasteiger charge is -2.32. The van der Waals surface area contributed by atoms with Crippen molar-refractivity contribution < 1.29 is 9.53 Å². The average molecular weight is 373 g/mol. The van der Waals surface area contributed by atoms with Gasteiger partial charge in [-0.3, -0.25) is 13.9 Å². The molecule has 1 aromatic heterocycles. The fourth-order valence-electron chi connectivity index (χ4n) is 3.79. The summed E-state index contributed by atoms with van der Waals surface area (Å²) in [6.45, 7) is 7.60. The lowest BCUT2D eigenvalue weighted by Crippen LogP contribution is -2.47. The molecule has 0 atom stereocenters. The summed E-state index contributed by atoms with van der Waals surface area (Å²) in [4.78, 5) is 39.8. The Labute approximate surface area is 158 Å². The number of hydrogen-bond donors (Lipinski definition) is 0. The van der Waals surface area contributed by atoms with Crippen LogP contribution in [-0.2, 0) is 11.3 Å². The molecular formula is C20H27N3O4. The van der Waals surface area contributed by atoms with Crippen molar-refractivity contribution in [1.29, 1.82) is 0 Å². The number of piperidine rings is 1. The standard InChI is InChI=1S/C20H27N3O4/c1-4-10-22-17-7-6-14(3)13-16(17)18(24)23(19(22)25)15-8-11-21(12-9-15)20(26)27-5-2/h6-7,13,15H,4-5,8-12H2,1-3H3. The lowest BCUT2D eigenvalue weighted by molar-refractivity contribution is 0.0919. The van der Waals surface area contributed by atoms with Gasteiger partial charge in [-0.2, -0.15) is 0 Å². The average Bonchev–Trinajstić information content (AvgIpc) is 2.66. The highest BCUT2D eigenvalue weighted by atomic mass is 16.6. The summed E-state index contributed by atoms with van der Waals surface area (Å²) in [7, 11) is 0. The maximum absolute atomic E-state index is 13.1. The minimum Gasteiger partial charge on any atom is -0.450 e. The topological polar surface area (TPSA) is 73.5 Å². The van der Waals surface area contributed by atoms with E-state index >= 15 is 0 Å². The molecule has 27 heavy (non-hydrogen) atoms. The molecule has 2 aromatic rings. The molecule has 2 heterocycles. The third-order valence-corrected chi connectivity index (χ3v) is 5.13. The Morgan fingerprint density at radius 3 is 2.52 bits per heavy atom. The molecule has 1 saturated heterocycles. The summed E-state index contributed by atoms with van der Waals surface area (Å²) in [5, 5.41) is 0.580. The van der Waals surface area contributed by atoms with Gasteiger partial charge in [0, 0.05) is 25.7 Å². The molecule has 1 fully saturated rings. The molecule has 0 spiro atoms. The van der Waals surface area contributed by atoms with Crippen molar-refractivity contribution in [1.82, 2.24) is 14.0 Å². The quantitative estimate of drug-likeness (QED) is 0.826. The zero-order chi connectivity index (χ0) is 19.6. The maximum atomic E-state index is 13.1. The van der Waals surface area contributed by atoms with Crippen molar-refractivity contribution in [2.45, 2.75) is 52.6 Å². The van der Waals surface area contributed by atoms with Gasteiger partial charge in [-0.15, -0.1) is 0 Å². The fourth-order valence-corrected chi connectivity index (χ4v) is 3.79. The highest BCUT2D eigenvalue weighted by Crippen LogP contribution is 2.21. The first-order chi connectivity index (χ1) is 13.0.